The Morgan fingerprint density at radius 3 is 3.00 bits per heavy atom. The van der Waals surface area contributed by atoms with Crippen LogP contribution in [-0.4, -0.2) is 13.1 Å². The van der Waals surface area contributed by atoms with Crippen LogP contribution in [0.25, 0.3) is 0 Å². The largest absolute Gasteiger partial charge is 0.469 e. The molecule has 0 aliphatic rings. The van der Waals surface area contributed by atoms with E-state index in [4.69, 9.17) is 0 Å². The third-order valence-electron chi connectivity index (χ3n) is 1.58. The number of methoxy groups -OCH3 is 1. The second kappa shape index (κ2) is 3.85. The molecule has 3 heteroatoms. The summed E-state index contributed by atoms with van der Waals surface area (Å²) < 4.78 is 6.45. The van der Waals surface area contributed by atoms with E-state index >= 15 is 0 Å². The molecule has 0 aliphatic heterocycles. The first-order valence-corrected chi connectivity index (χ1v) is 3.73. The van der Waals surface area contributed by atoms with Crippen molar-refractivity contribution in [1.82, 2.24) is 0 Å². The van der Waals surface area contributed by atoms with Gasteiger partial charge in [0.15, 0.2) is 12.4 Å². The molecule has 1 aromatic heterocycles. The number of carbonyl (C=O) groups excluding carboxylic acids is 1. The van der Waals surface area contributed by atoms with E-state index < -0.39 is 0 Å². The zero-order chi connectivity index (χ0) is 8.97. The third-order valence-corrected chi connectivity index (χ3v) is 1.58. The van der Waals surface area contributed by atoms with Crippen molar-refractivity contribution in [2.24, 2.45) is 7.05 Å². The van der Waals surface area contributed by atoms with Crippen molar-refractivity contribution in [2.45, 2.75) is 6.42 Å². The molecule has 12 heavy (non-hydrogen) atoms. The lowest BCUT2D eigenvalue weighted by Gasteiger charge is -1.96. The van der Waals surface area contributed by atoms with Crippen LogP contribution in [0.1, 0.15) is 5.56 Å². The molecule has 0 N–H and O–H groups in total. The zero-order valence-electron chi connectivity index (χ0n) is 7.28. The average molecular weight is 166 g/mol. The number of rotatable bonds is 2. The first-order chi connectivity index (χ1) is 5.72. The van der Waals surface area contributed by atoms with Gasteiger partial charge in [0, 0.05) is 11.6 Å². The number of esters is 1. The van der Waals surface area contributed by atoms with Gasteiger partial charge >= 0.3 is 5.97 Å². The van der Waals surface area contributed by atoms with Crippen LogP contribution in [0.5, 0.6) is 0 Å². The summed E-state index contributed by atoms with van der Waals surface area (Å²) in [5.74, 6) is -0.207. The highest BCUT2D eigenvalue weighted by Gasteiger charge is 2.04. The summed E-state index contributed by atoms with van der Waals surface area (Å²) in [4.78, 5) is 10.9. The van der Waals surface area contributed by atoms with Gasteiger partial charge in [-0.15, -0.1) is 0 Å². The van der Waals surface area contributed by atoms with Crippen LogP contribution >= 0.6 is 0 Å². The standard InChI is InChI=1S/C9H12NO2/c1-10-5-3-4-8(7-10)6-9(11)12-2/h3-5,7H,6H2,1-2H3/q+1. The summed E-state index contributed by atoms with van der Waals surface area (Å²) in [6, 6.07) is 3.80. The summed E-state index contributed by atoms with van der Waals surface area (Å²) in [7, 11) is 3.31. The fraction of sp³-hybridized carbons (Fsp3) is 0.333. The highest BCUT2D eigenvalue weighted by molar-refractivity contribution is 5.72. The minimum absolute atomic E-state index is 0.207. The zero-order valence-corrected chi connectivity index (χ0v) is 7.28. The Hall–Kier alpha value is -1.38. The van der Waals surface area contributed by atoms with E-state index in [0.717, 1.165) is 5.56 Å². The fourth-order valence-corrected chi connectivity index (χ4v) is 0.993. The number of aryl methyl sites for hydroxylation is 1. The van der Waals surface area contributed by atoms with E-state index in [1.54, 1.807) is 0 Å². The predicted molar refractivity (Wildman–Crippen MR) is 43.3 cm³/mol. The highest BCUT2D eigenvalue weighted by Crippen LogP contribution is 1.96. The Balaban J connectivity index is 2.69. The molecule has 0 aromatic carbocycles. The van der Waals surface area contributed by atoms with Crippen LogP contribution in [0.3, 0.4) is 0 Å². The lowest BCUT2D eigenvalue weighted by atomic mass is 10.2. The van der Waals surface area contributed by atoms with Crippen molar-refractivity contribution < 1.29 is 14.1 Å². The quantitative estimate of drug-likeness (QED) is 0.465. The van der Waals surface area contributed by atoms with E-state index in [2.05, 4.69) is 4.74 Å². The van der Waals surface area contributed by atoms with Crippen LogP contribution in [0.15, 0.2) is 24.5 Å². The number of aromatic nitrogens is 1. The lowest BCUT2D eigenvalue weighted by Crippen LogP contribution is -2.27. The van der Waals surface area contributed by atoms with Gasteiger partial charge in [0.25, 0.3) is 0 Å². The van der Waals surface area contributed by atoms with E-state index in [0.29, 0.717) is 6.42 Å². The second-order valence-electron chi connectivity index (χ2n) is 2.63. The molecule has 0 radical (unpaired) electrons. The van der Waals surface area contributed by atoms with Crippen LogP contribution in [0.2, 0.25) is 0 Å². The average Bonchev–Trinajstić information content (AvgIpc) is 2.04. The third kappa shape index (κ3) is 2.34. The highest BCUT2D eigenvalue weighted by atomic mass is 16.5. The summed E-state index contributed by atoms with van der Waals surface area (Å²) in [5.41, 5.74) is 0.965. The smallest absolute Gasteiger partial charge is 0.310 e. The lowest BCUT2D eigenvalue weighted by molar-refractivity contribution is -0.671. The van der Waals surface area contributed by atoms with Crippen molar-refractivity contribution in [2.75, 3.05) is 7.11 Å². The van der Waals surface area contributed by atoms with Gasteiger partial charge in [0.05, 0.1) is 13.5 Å². The minimum atomic E-state index is -0.207. The fourth-order valence-electron chi connectivity index (χ4n) is 0.993. The molecule has 0 saturated heterocycles. The van der Waals surface area contributed by atoms with Gasteiger partial charge in [-0.1, -0.05) is 0 Å². The summed E-state index contributed by atoms with van der Waals surface area (Å²) in [5, 5.41) is 0. The Bertz CT molecular complexity index is 284. The molecular formula is C9H12NO2+. The van der Waals surface area contributed by atoms with Gasteiger partial charge < -0.3 is 4.74 Å². The van der Waals surface area contributed by atoms with Crippen molar-refractivity contribution in [3.63, 3.8) is 0 Å². The second-order valence-corrected chi connectivity index (χ2v) is 2.63. The molecular weight excluding hydrogens is 154 g/mol. The van der Waals surface area contributed by atoms with E-state index in [1.807, 2.05) is 36.1 Å². The van der Waals surface area contributed by atoms with Crippen LogP contribution < -0.4 is 4.57 Å². The molecule has 0 fully saturated rings. The molecule has 0 atom stereocenters. The maximum absolute atomic E-state index is 10.9. The van der Waals surface area contributed by atoms with Gasteiger partial charge in [-0.3, -0.25) is 4.79 Å². The number of pyridine rings is 1. The molecule has 0 bridgehead atoms. The van der Waals surface area contributed by atoms with Crippen molar-refractivity contribution in [1.29, 1.82) is 0 Å². The number of hydrogen-bond acceptors (Lipinski definition) is 2. The van der Waals surface area contributed by atoms with Crippen LogP contribution in [0.4, 0.5) is 0 Å². The van der Waals surface area contributed by atoms with Crippen molar-refractivity contribution in [3.8, 4) is 0 Å². The molecule has 3 nitrogen and oxygen atoms in total. The van der Waals surface area contributed by atoms with Gasteiger partial charge in [-0.05, 0) is 6.07 Å². The maximum Gasteiger partial charge on any atom is 0.310 e. The molecule has 0 amide bonds. The van der Waals surface area contributed by atoms with E-state index in [1.165, 1.54) is 7.11 Å². The monoisotopic (exact) mass is 166 g/mol. The molecule has 1 heterocycles. The number of carbonyl (C=O) groups is 1. The first-order valence-electron chi connectivity index (χ1n) is 3.73. The Morgan fingerprint density at radius 2 is 2.42 bits per heavy atom. The van der Waals surface area contributed by atoms with Gasteiger partial charge in [-0.2, -0.15) is 0 Å². The topological polar surface area (TPSA) is 30.2 Å². The summed E-state index contributed by atoms with van der Waals surface area (Å²) in [6.45, 7) is 0. The normalized spacial score (nSPS) is 9.50. The molecule has 64 valence electrons. The molecule has 1 aromatic rings. The van der Waals surface area contributed by atoms with Crippen LogP contribution in [-0.2, 0) is 23.0 Å². The SMILES string of the molecule is COC(=O)Cc1ccc[n+](C)c1. The van der Waals surface area contributed by atoms with Crippen LogP contribution in [0, 0.1) is 0 Å². The maximum atomic E-state index is 10.9. The predicted octanol–water partition coefficient (Wildman–Crippen LogP) is 0.227. The number of hydrogen-bond donors (Lipinski definition) is 0. The molecule has 0 aliphatic carbocycles. The Kier molecular flexibility index (Phi) is 2.80. The van der Waals surface area contributed by atoms with Gasteiger partial charge in [-0.25, -0.2) is 4.57 Å². The molecule has 0 unspecified atom stereocenters. The van der Waals surface area contributed by atoms with Crippen molar-refractivity contribution in [3.05, 3.63) is 30.1 Å². The van der Waals surface area contributed by atoms with E-state index in [9.17, 15) is 4.79 Å². The number of ether oxygens (including phenoxy) is 1. The van der Waals surface area contributed by atoms with E-state index in [-0.39, 0.29) is 5.97 Å². The first kappa shape index (κ1) is 8.71. The number of nitrogens with zero attached hydrogens (tertiary/aromatic N) is 1. The van der Waals surface area contributed by atoms with Gasteiger partial charge in [0.1, 0.15) is 7.05 Å². The summed E-state index contributed by atoms with van der Waals surface area (Å²) in [6.07, 6.45) is 4.16. The minimum Gasteiger partial charge on any atom is -0.469 e. The Labute approximate surface area is 71.6 Å². The van der Waals surface area contributed by atoms with Gasteiger partial charge in [0.2, 0.25) is 0 Å². The molecule has 0 saturated carbocycles. The molecule has 1 rings (SSSR count). The molecule has 0 spiro atoms. The Morgan fingerprint density at radius 1 is 1.67 bits per heavy atom. The van der Waals surface area contributed by atoms with Crippen molar-refractivity contribution >= 4 is 5.97 Å². The summed E-state index contributed by atoms with van der Waals surface area (Å²) >= 11 is 0.